The molecule has 6 heteroatoms. The van der Waals surface area contributed by atoms with Crippen LogP contribution in [-0.4, -0.2) is 6.61 Å². The lowest BCUT2D eigenvalue weighted by Gasteiger charge is -2.15. The fourth-order valence-corrected chi connectivity index (χ4v) is 3.29. The first-order chi connectivity index (χ1) is 9.06. The summed E-state index contributed by atoms with van der Waals surface area (Å²) in [7, 11) is 0. The molecule has 2 nitrogen and oxygen atoms in total. The summed E-state index contributed by atoms with van der Waals surface area (Å²) in [6, 6.07) is 8.23. The molecule has 0 aliphatic carbocycles. The second kappa shape index (κ2) is 6.45. The van der Waals surface area contributed by atoms with E-state index < -0.39 is 6.61 Å². The zero-order chi connectivity index (χ0) is 13.8. The van der Waals surface area contributed by atoms with Crippen molar-refractivity contribution in [3.63, 3.8) is 0 Å². The van der Waals surface area contributed by atoms with Crippen LogP contribution >= 0.6 is 27.3 Å². The van der Waals surface area contributed by atoms with Crippen LogP contribution in [0, 0.1) is 0 Å². The lowest BCUT2D eigenvalue weighted by atomic mass is 10.0. The van der Waals surface area contributed by atoms with Crippen molar-refractivity contribution in [3.8, 4) is 5.75 Å². The summed E-state index contributed by atoms with van der Waals surface area (Å²) in [5.41, 5.74) is 6.67. The van der Waals surface area contributed by atoms with E-state index in [4.69, 9.17) is 5.73 Å². The van der Waals surface area contributed by atoms with Gasteiger partial charge >= 0.3 is 6.61 Å². The molecule has 1 atom stereocenters. The van der Waals surface area contributed by atoms with Gasteiger partial charge in [-0.25, -0.2) is 0 Å². The molecule has 0 spiro atoms. The van der Waals surface area contributed by atoms with Gasteiger partial charge in [0.1, 0.15) is 5.75 Å². The quantitative estimate of drug-likeness (QED) is 0.872. The molecule has 0 fully saturated rings. The zero-order valence-corrected chi connectivity index (χ0v) is 12.3. The average Bonchev–Trinajstić information content (AvgIpc) is 2.74. The molecule has 1 aromatic carbocycles. The number of para-hydroxylation sites is 1. The highest BCUT2D eigenvalue weighted by molar-refractivity contribution is 9.10. The Bertz CT molecular complexity index is 547. The minimum Gasteiger partial charge on any atom is -0.434 e. The second-order valence-electron chi connectivity index (χ2n) is 3.96. The molecule has 102 valence electrons. The average molecular weight is 348 g/mol. The highest BCUT2D eigenvalue weighted by Gasteiger charge is 2.15. The van der Waals surface area contributed by atoms with Gasteiger partial charge in [0.15, 0.2) is 0 Å². The largest absolute Gasteiger partial charge is 0.434 e. The van der Waals surface area contributed by atoms with Crippen molar-refractivity contribution in [2.24, 2.45) is 5.73 Å². The Morgan fingerprint density at radius 2 is 2.05 bits per heavy atom. The first kappa shape index (κ1) is 14.4. The van der Waals surface area contributed by atoms with Gasteiger partial charge in [-0.15, -0.1) is 11.3 Å². The third-order valence-electron chi connectivity index (χ3n) is 2.58. The SMILES string of the molecule is NC(Cc1cc(Br)cs1)c1ccccc1OC(F)F. The van der Waals surface area contributed by atoms with Crippen molar-refractivity contribution in [2.45, 2.75) is 19.1 Å². The van der Waals surface area contributed by atoms with Gasteiger partial charge in [-0.2, -0.15) is 8.78 Å². The van der Waals surface area contributed by atoms with Gasteiger partial charge in [0.05, 0.1) is 0 Å². The van der Waals surface area contributed by atoms with Crippen molar-refractivity contribution in [1.82, 2.24) is 0 Å². The van der Waals surface area contributed by atoms with E-state index >= 15 is 0 Å². The minimum absolute atomic E-state index is 0.139. The summed E-state index contributed by atoms with van der Waals surface area (Å²) < 4.78 is 30.1. The molecule has 0 amide bonds. The molecule has 2 N–H and O–H groups in total. The van der Waals surface area contributed by atoms with Crippen LogP contribution < -0.4 is 10.5 Å². The topological polar surface area (TPSA) is 35.2 Å². The molecular formula is C13H12BrF2NOS. The Balaban J connectivity index is 2.16. The predicted octanol–water partition coefficient (Wildman–Crippen LogP) is 4.35. The molecular weight excluding hydrogens is 336 g/mol. The van der Waals surface area contributed by atoms with E-state index in [2.05, 4.69) is 20.7 Å². The lowest BCUT2D eigenvalue weighted by Crippen LogP contribution is -2.15. The van der Waals surface area contributed by atoms with Crippen LogP contribution in [0.4, 0.5) is 8.78 Å². The highest BCUT2D eigenvalue weighted by atomic mass is 79.9. The van der Waals surface area contributed by atoms with Gasteiger partial charge in [0.25, 0.3) is 0 Å². The molecule has 0 saturated carbocycles. The van der Waals surface area contributed by atoms with Crippen LogP contribution in [0.3, 0.4) is 0 Å². The minimum atomic E-state index is -2.84. The third kappa shape index (κ3) is 3.99. The molecule has 1 heterocycles. The molecule has 0 bridgehead atoms. The summed E-state index contributed by atoms with van der Waals surface area (Å²) in [5, 5.41) is 1.96. The Morgan fingerprint density at radius 1 is 1.32 bits per heavy atom. The molecule has 0 aliphatic heterocycles. The maximum Gasteiger partial charge on any atom is 0.387 e. The number of rotatable bonds is 5. The van der Waals surface area contributed by atoms with Gasteiger partial charge in [-0.1, -0.05) is 18.2 Å². The summed E-state index contributed by atoms with van der Waals surface area (Å²) in [5.74, 6) is 0.139. The van der Waals surface area contributed by atoms with Crippen molar-refractivity contribution in [1.29, 1.82) is 0 Å². The van der Waals surface area contributed by atoms with Crippen LogP contribution in [0.5, 0.6) is 5.75 Å². The van der Waals surface area contributed by atoms with Crippen LogP contribution in [0.25, 0.3) is 0 Å². The lowest BCUT2D eigenvalue weighted by molar-refractivity contribution is -0.0506. The van der Waals surface area contributed by atoms with E-state index in [1.807, 2.05) is 11.4 Å². The van der Waals surface area contributed by atoms with E-state index in [0.717, 1.165) is 9.35 Å². The monoisotopic (exact) mass is 347 g/mol. The summed E-state index contributed by atoms with van der Waals surface area (Å²) in [4.78, 5) is 1.09. The summed E-state index contributed by atoms with van der Waals surface area (Å²) in [6.07, 6.45) is 0.583. The van der Waals surface area contributed by atoms with E-state index in [1.54, 1.807) is 29.5 Å². The second-order valence-corrected chi connectivity index (χ2v) is 5.87. The van der Waals surface area contributed by atoms with Crippen LogP contribution in [0.1, 0.15) is 16.5 Å². The molecule has 0 radical (unpaired) electrons. The number of ether oxygens (including phenoxy) is 1. The van der Waals surface area contributed by atoms with E-state index in [1.165, 1.54) is 6.07 Å². The molecule has 19 heavy (non-hydrogen) atoms. The Kier molecular flexibility index (Phi) is 4.90. The van der Waals surface area contributed by atoms with Gasteiger partial charge in [0.2, 0.25) is 0 Å². The Labute approximate surface area is 122 Å². The number of hydrogen-bond donors (Lipinski definition) is 1. The molecule has 0 saturated heterocycles. The Hall–Kier alpha value is -0.980. The standard InChI is InChI=1S/C13H12BrF2NOS/c14-8-5-9(19-7-8)6-11(17)10-3-1-2-4-12(10)18-13(15)16/h1-5,7,11,13H,6,17H2. The molecule has 1 unspecified atom stereocenters. The zero-order valence-electron chi connectivity index (χ0n) is 9.85. The third-order valence-corrected chi connectivity index (χ3v) is 4.30. The fourth-order valence-electron chi connectivity index (χ4n) is 1.78. The van der Waals surface area contributed by atoms with E-state index in [0.29, 0.717) is 12.0 Å². The fraction of sp³-hybridized carbons (Fsp3) is 0.231. The molecule has 2 aromatic rings. The van der Waals surface area contributed by atoms with Crippen LogP contribution in [-0.2, 0) is 6.42 Å². The first-order valence-electron chi connectivity index (χ1n) is 5.58. The number of alkyl halides is 2. The number of halogens is 3. The van der Waals surface area contributed by atoms with Gasteiger partial charge in [-0.3, -0.25) is 0 Å². The van der Waals surface area contributed by atoms with E-state index in [-0.39, 0.29) is 11.8 Å². The molecule has 0 aliphatic rings. The van der Waals surface area contributed by atoms with Crippen molar-refractivity contribution < 1.29 is 13.5 Å². The smallest absolute Gasteiger partial charge is 0.387 e. The number of hydrogen-bond acceptors (Lipinski definition) is 3. The summed E-state index contributed by atoms with van der Waals surface area (Å²) in [6.45, 7) is -2.84. The molecule has 2 rings (SSSR count). The van der Waals surface area contributed by atoms with E-state index in [9.17, 15) is 8.78 Å². The maximum atomic E-state index is 12.3. The Morgan fingerprint density at radius 3 is 2.68 bits per heavy atom. The molecule has 1 aromatic heterocycles. The van der Waals surface area contributed by atoms with Crippen LogP contribution in [0.2, 0.25) is 0 Å². The van der Waals surface area contributed by atoms with Gasteiger partial charge in [0, 0.05) is 32.8 Å². The van der Waals surface area contributed by atoms with Crippen molar-refractivity contribution in [3.05, 3.63) is 50.6 Å². The van der Waals surface area contributed by atoms with Crippen molar-refractivity contribution >= 4 is 27.3 Å². The predicted molar refractivity (Wildman–Crippen MR) is 75.7 cm³/mol. The number of nitrogens with two attached hydrogens (primary N) is 1. The maximum absolute atomic E-state index is 12.3. The van der Waals surface area contributed by atoms with Crippen LogP contribution in [0.15, 0.2) is 40.2 Å². The van der Waals surface area contributed by atoms with Crippen molar-refractivity contribution in [2.75, 3.05) is 0 Å². The highest BCUT2D eigenvalue weighted by Crippen LogP contribution is 2.29. The number of thiophene rings is 1. The number of benzene rings is 1. The first-order valence-corrected chi connectivity index (χ1v) is 7.25. The normalized spacial score (nSPS) is 12.7. The summed E-state index contributed by atoms with van der Waals surface area (Å²) >= 11 is 4.95. The van der Waals surface area contributed by atoms with Gasteiger partial charge in [-0.05, 0) is 28.1 Å². The van der Waals surface area contributed by atoms with Gasteiger partial charge < -0.3 is 10.5 Å².